The highest BCUT2D eigenvalue weighted by atomic mass is 19.1. The van der Waals surface area contributed by atoms with Crippen LogP contribution in [0.2, 0.25) is 0 Å². The second-order valence-corrected chi connectivity index (χ2v) is 3.93. The molecule has 1 amide bonds. The molecule has 1 aromatic rings. The first kappa shape index (κ1) is 9.96. The summed E-state index contributed by atoms with van der Waals surface area (Å²) in [6, 6.07) is 4.28. The highest BCUT2D eigenvalue weighted by Gasteiger charge is 2.24. The summed E-state index contributed by atoms with van der Waals surface area (Å²) >= 11 is 0. The summed E-state index contributed by atoms with van der Waals surface area (Å²) in [7, 11) is 0. The molecule has 1 aliphatic rings. The number of halogens is 1. The van der Waals surface area contributed by atoms with E-state index in [-0.39, 0.29) is 11.6 Å². The normalized spacial score (nSPS) is 15.0. The molecule has 2 rings (SSSR count). The van der Waals surface area contributed by atoms with E-state index in [9.17, 15) is 9.18 Å². The largest absolute Gasteiger partial charge is 0.396 e. The molecule has 1 aromatic carbocycles. The molecule has 0 unspecified atom stereocenters. The van der Waals surface area contributed by atoms with E-state index in [0.29, 0.717) is 18.0 Å². The fourth-order valence-corrected chi connectivity index (χ4v) is 1.40. The van der Waals surface area contributed by atoms with Gasteiger partial charge in [-0.1, -0.05) is 0 Å². The van der Waals surface area contributed by atoms with Gasteiger partial charge in [0.05, 0.1) is 5.69 Å². The van der Waals surface area contributed by atoms with Crippen molar-refractivity contribution in [3.8, 4) is 0 Å². The van der Waals surface area contributed by atoms with Gasteiger partial charge in [-0.15, -0.1) is 0 Å². The Balaban J connectivity index is 1.97. The third-order valence-corrected chi connectivity index (χ3v) is 2.46. The first-order valence-corrected chi connectivity index (χ1v) is 5.00. The average Bonchev–Trinajstić information content (AvgIpc) is 2.95. The lowest BCUT2D eigenvalue weighted by molar-refractivity contribution is -0.116. The summed E-state index contributed by atoms with van der Waals surface area (Å²) in [6.45, 7) is 0. The predicted octanol–water partition coefficient (Wildman–Crippen LogP) is 2.15. The number of amides is 1. The molecule has 0 saturated heterocycles. The molecule has 0 spiro atoms. The van der Waals surface area contributed by atoms with Crippen molar-refractivity contribution < 1.29 is 9.18 Å². The van der Waals surface area contributed by atoms with Gasteiger partial charge in [-0.05, 0) is 37.0 Å². The minimum absolute atomic E-state index is 0.0540. The minimum Gasteiger partial charge on any atom is -0.396 e. The van der Waals surface area contributed by atoms with Crippen molar-refractivity contribution in [1.29, 1.82) is 0 Å². The molecule has 1 fully saturated rings. The average molecular weight is 208 g/mol. The van der Waals surface area contributed by atoms with Crippen molar-refractivity contribution in [3.63, 3.8) is 0 Å². The number of anilines is 2. The summed E-state index contributed by atoms with van der Waals surface area (Å²) in [5.74, 6) is -0.0236. The Labute approximate surface area is 87.5 Å². The molecule has 15 heavy (non-hydrogen) atoms. The standard InChI is InChI=1S/C11H13FN2O/c12-9-6-8(3-4-10(9)13)14-11(15)5-7-1-2-7/h3-4,6-7H,1-2,5,13H2,(H,14,15). The van der Waals surface area contributed by atoms with Crippen molar-refractivity contribution >= 4 is 17.3 Å². The Morgan fingerprint density at radius 1 is 1.53 bits per heavy atom. The van der Waals surface area contributed by atoms with Crippen LogP contribution in [-0.4, -0.2) is 5.91 Å². The topological polar surface area (TPSA) is 55.1 Å². The van der Waals surface area contributed by atoms with Gasteiger partial charge in [-0.25, -0.2) is 4.39 Å². The van der Waals surface area contributed by atoms with Crippen molar-refractivity contribution in [2.75, 3.05) is 11.1 Å². The van der Waals surface area contributed by atoms with Gasteiger partial charge in [0.15, 0.2) is 0 Å². The fraction of sp³-hybridized carbons (Fsp3) is 0.364. The van der Waals surface area contributed by atoms with E-state index >= 15 is 0 Å². The van der Waals surface area contributed by atoms with Gasteiger partial charge in [0.25, 0.3) is 0 Å². The van der Waals surface area contributed by atoms with Crippen LogP contribution in [0.15, 0.2) is 18.2 Å². The third-order valence-electron chi connectivity index (χ3n) is 2.46. The number of nitrogens with two attached hydrogens (primary N) is 1. The lowest BCUT2D eigenvalue weighted by atomic mass is 10.2. The van der Waals surface area contributed by atoms with Crippen LogP contribution in [0.5, 0.6) is 0 Å². The van der Waals surface area contributed by atoms with E-state index in [2.05, 4.69) is 5.32 Å². The highest BCUT2D eigenvalue weighted by molar-refractivity contribution is 5.91. The molecule has 0 heterocycles. The Kier molecular flexibility index (Phi) is 2.58. The lowest BCUT2D eigenvalue weighted by Gasteiger charge is -2.05. The predicted molar refractivity (Wildman–Crippen MR) is 56.8 cm³/mol. The van der Waals surface area contributed by atoms with E-state index < -0.39 is 5.82 Å². The number of hydrogen-bond donors (Lipinski definition) is 2. The maximum absolute atomic E-state index is 13.0. The van der Waals surface area contributed by atoms with Crippen LogP contribution in [0.1, 0.15) is 19.3 Å². The molecule has 1 aliphatic carbocycles. The lowest BCUT2D eigenvalue weighted by Crippen LogP contribution is -2.12. The van der Waals surface area contributed by atoms with Crippen LogP contribution in [-0.2, 0) is 4.79 Å². The summed E-state index contributed by atoms with van der Waals surface area (Å²) in [5, 5.41) is 2.65. The molecule has 3 N–H and O–H groups in total. The van der Waals surface area contributed by atoms with Crippen LogP contribution in [0.3, 0.4) is 0 Å². The molecule has 4 heteroatoms. The van der Waals surface area contributed by atoms with Gasteiger partial charge >= 0.3 is 0 Å². The summed E-state index contributed by atoms with van der Waals surface area (Å²) in [5.41, 5.74) is 5.88. The monoisotopic (exact) mass is 208 g/mol. The van der Waals surface area contributed by atoms with Crippen LogP contribution >= 0.6 is 0 Å². The van der Waals surface area contributed by atoms with Gasteiger partial charge in [0.2, 0.25) is 5.91 Å². The Morgan fingerprint density at radius 2 is 2.27 bits per heavy atom. The molecule has 0 radical (unpaired) electrons. The minimum atomic E-state index is -0.501. The molecule has 80 valence electrons. The Bertz CT molecular complexity index is 388. The van der Waals surface area contributed by atoms with E-state index in [1.54, 1.807) is 6.07 Å². The highest BCUT2D eigenvalue weighted by Crippen LogP contribution is 2.32. The summed E-state index contributed by atoms with van der Waals surface area (Å²) in [6.07, 6.45) is 2.79. The van der Waals surface area contributed by atoms with Crippen molar-refractivity contribution in [2.24, 2.45) is 5.92 Å². The number of carbonyl (C=O) groups is 1. The van der Waals surface area contributed by atoms with E-state index in [0.717, 1.165) is 12.8 Å². The molecular formula is C11H13FN2O. The molecule has 0 bridgehead atoms. The molecule has 0 aliphatic heterocycles. The number of nitrogen functional groups attached to an aromatic ring is 1. The number of nitrogens with one attached hydrogen (secondary N) is 1. The van der Waals surface area contributed by atoms with Gasteiger partial charge < -0.3 is 11.1 Å². The number of rotatable bonds is 3. The van der Waals surface area contributed by atoms with Crippen LogP contribution in [0.25, 0.3) is 0 Å². The zero-order valence-corrected chi connectivity index (χ0v) is 8.29. The zero-order chi connectivity index (χ0) is 10.8. The molecule has 0 aromatic heterocycles. The molecule has 0 atom stereocenters. The van der Waals surface area contributed by atoms with Crippen molar-refractivity contribution in [3.05, 3.63) is 24.0 Å². The van der Waals surface area contributed by atoms with Gasteiger partial charge in [-0.2, -0.15) is 0 Å². The number of benzene rings is 1. The SMILES string of the molecule is Nc1ccc(NC(=O)CC2CC2)cc1F. The van der Waals surface area contributed by atoms with Gasteiger partial charge in [-0.3, -0.25) is 4.79 Å². The van der Waals surface area contributed by atoms with E-state index in [4.69, 9.17) is 5.73 Å². The summed E-state index contributed by atoms with van der Waals surface area (Å²) in [4.78, 5) is 11.4. The van der Waals surface area contributed by atoms with Crippen LogP contribution in [0, 0.1) is 11.7 Å². The third kappa shape index (κ3) is 2.68. The first-order chi connectivity index (χ1) is 7.15. The molecule has 1 saturated carbocycles. The zero-order valence-electron chi connectivity index (χ0n) is 8.29. The molecule has 3 nitrogen and oxygen atoms in total. The maximum Gasteiger partial charge on any atom is 0.224 e. The number of carbonyl (C=O) groups excluding carboxylic acids is 1. The first-order valence-electron chi connectivity index (χ1n) is 5.00. The second kappa shape index (κ2) is 3.88. The quantitative estimate of drug-likeness (QED) is 0.748. The van der Waals surface area contributed by atoms with Gasteiger partial charge in [0, 0.05) is 12.1 Å². The molecular weight excluding hydrogens is 195 g/mol. The van der Waals surface area contributed by atoms with Crippen molar-refractivity contribution in [1.82, 2.24) is 0 Å². The Morgan fingerprint density at radius 3 is 2.87 bits per heavy atom. The van der Waals surface area contributed by atoms with Crippen LogP contribution in [0.4, 0.5) is 15.8 Å². The Hall–Kier alpha value is -1.58. The maximum atomic E-state index is 13.0. The fourth-order valence-electron chi connectivity index (χ4n) is 1.40. The van der Waals surface area contributed by atoms with Crippen LogP contribution < -0.4 is 11.1 Å². The van der Waals surface area contributed by atoms with E-state index in [1.807, 2.05) is 0 Å². The van der Waals surface area contributed by atoms with Crippen molar-refractivity contribution in [2.45, 2.75) is 19.3 Å². The second-order valence-electron chi connectivity index (χ2n) is 3.93. The number of hydrogen-bond acceptors (Lipinski definition) is 2. The smallest absolute Gasteiger partial charge is 0.224 e. The van der Waals surface area contributed by atoms with Gasteiger partial charge in [0.1, 0.15) is 5.82 Å². The summed E-state index contributed by atoms with van der Waals surface area (Å²) < 4.78 is 13.0. The van der Waals surface area contributed by atoms with E-state index in [1.165, 1.54) is 12.1 Å².